The lowest BCUT2D eigenvalue weighted by atomic mass is 10.3. The second kappa shape index (κ2) is 7.68. The van der Waals surface area contributed by atoms with Crippen molar-refractivity contribution in [2.24, 2.45) is 0 Å². The molecule has 0 radical (unpaired) electrons. The van der Waals surface area contributed by atoms with E-state index in [9.17, 15) is 4.79 Å². The van der Waals surface area contributed by atoms with Gasteiger partial charge in [-0.15, -0.1) is 0 Å². The maximum Gasteiger partial charge on any atom is 0.304 e. The first-order valence-corrected chi connectivity index (χ1v) is 5.39. The highest BCUT2D eigenvalue weighted by atomic mass is 35.5. The Morgan fingerprint density at radius 3 is 2.33 bits per heavy atom. The summed E-state index contributed by atoms with van der Waals surface area (Å²) in [6.45, 7) is 0. The molecule has 0 aliphatic rings. The number of thiol groups is 1. The molecular formula is C9H11Cl2NO2S. The SMILES string of the molecule is Nc1ccc(Cl)cc1Cl.O=C(O)CCS. The van der Waals surface area contributed by atoms with E-state index in [1.807, 2.05) is 0 Å². The zero-order valence-corrected chi connectivity index (χ0v) is 10.2. The van der Waals surface area contributed by atoms with Crippen LogP contribution in [0.25, 0.3) is 0 Å². The maximum atomic E-state index is 9.55. The number of hydrogen-bond donors (Lipinski definition) is 3. The van der Waals surface area contributed by atoms with Crippen molar-refractivity contribution >= 4 is 47.5 Å². The Morgan fingerprint density at radius 2 is 2.07 bits per heavy atom. The van der Waals surface area contributed by atoms with Gasteiger partial charge in [-0.1, -0.05) is 23.2 Å². The van der Waals surface area contributed by atoms with Crippen molar-refractivity contribution in [2.45, 2.75) is 6.42 Å². The van der Waals surface area contributed by atoms with Gasteiger partial charge in [0.05, 0.1) is 17.1 Å². The van der Waals surface area contributed by atoms with E-state index >= 15 is 0 Å². The smallest absolute Gasteiger partial charge is 0.304 e. The highest BCUT2D eigenvalue weighted by Gasteiger charge is 1.93. The number of hydrogen-bond acceptors (Lipinski definition) is 3. The van der Waals surface area contributed by atoms with Gasteiger partial charge in [-0.25, -0.2) is 0 Å². The molecule has 1 aromatic rings. The predicted molar refractivity (Wildman–Crippen MR) is 67.0 cm³/mol. The molecule has 0 unspecified atom stereocenters. The molecule has 0 fully saturated rings. The highest BCUT2D eigenvalue weighted by molar-refractivity contribution is 7.80. The summed E-state index contributed by atoms with van der Waals surface area (Å²) in [5.41, 5.74) is 5.95. The van der Waals surface area contributed by atoms with Crippen molar-refractivity contribution in [3.8, 4) is 0 Å². The van der Waals surface area contributed by atoms with Gasteiger partial charge in [-0.3, -0.25) is 4.79 Å². The third-order valence-electron chi connectivity index (χ3n) is 1.29. The second-order valence-electron chi connectivity index (χ2n) is 2.53. The zero-order chi connectivity index (χ0) is 11.8. The summed E-state index contributed by atoms with van der Waals surface area (Å²) in [4.78, 5) is 9.55. The molecule has 0 saturated heterocycles. The van der Waals surface area contributed by atoms with Crippen LogP contribution in [-0.2, 0) is 4.79 Å². The Bertz CT molecular complexity index is 334. The number of anilines is 1. The first-order chi connectivity index (χ1) is 6.97. The number of rotatable bonds is 2. The van der Waals surface area contributed by atoms with E-state index < -0.39 is 5.97 Å². The van der Waals surface area contributed by atoms with Gasteiger partial charge in [-0.05, 0) is 18.2 Å². The predicted octanol–water partition coefficient (Wildman–Crippen LogP) is 2.97. The van der Waals surface area contributed by atoms with Gasteiger partial charge in [0.1, 0.15) is 0 Å². The van der Waals surface area contributed by atoms with Crippen molar-refractivity contribution in [1.82, 2.24) is 0 Å². The highest BCUT2D eigenvalue weighted by Crippen LogP contribution is 2.21. The lowest BCUT2D eigenvalue weighted by Crippen LogP contribution is -1.93. The van der Waals surface area contributed by atoms with Crippen LogP contribution in [0.4, 0.5) is 5.69 Å². The fraction of sp³-hybridized carbons (Fsp3) is 0.222. The fourth-order valence-corrected chi connectivity index (χ4v) is 1.20. The Kier molecular flexibility index (Phi) is 7.38. The van der Waals surface area contributed by atoms with Crippen LogP contribution in [0.1, 0.15) is 6.42 Å². The van der Waals surface area contributed by atoms with Crippen LogP contribution in [0.5, 0.6) is 0 Å². The molecule has 0 aliphatic carbocycles. The third kappa shape index (κ3) is 7.36. The number of nitrogens with two attached hydrogens (primary N) is 1. The average molecular weight is 268 g/mol. The van der Waals surface area contributed by atoms with E-state index in [2.05, 4.69) is 12.6 Å². The minimum Gasteiger partial charge on any atom is -0.481 e. The van der Waals surface area contributed by atoms with E-state index in [-0.39, 0.29) is 6.42 Å². The second-order valence-corrected chi connectivity index (χ2v) is 3.82. The van der Waals surface area contributed by atoms with Crippen LogP contribution in [0.15, 0.2) is 18.2 Å². The fourth-order valence-electron chi connectivity index (χ4n) is 0.597. The quantitative estimate of drug-likeness (QED) is 0.570. The van der Waals surface area contributed by atoms with E-state index in [1.54, 1.807) is 18.2 Å². The lowest BCUT2D eigenvalue weighted by molar-refractivity contribution is -0.136. The Labute approximate surface area is 104 Å². The van der Waals surface area contributed by atoms with E-state index in [4.69, 9.17) is 34.0 Å². The topological polar surface area (TPSA) is 63.3 Å². The molecule has 1 rings (SSSR count). The van der Waals surface area contributed by atoms with E-state index in [0.717, 1.165) is 0 Å². The van der Waals surface area contributed by atoms with E-state index in [0.29, 0.717) is 21.5 Å². The van der Waals surface area contributed by atoms with Crippen LogP contribution in [0.3, 0.4) is 0 Å². The number of halogens is 2. The van der Waals surface area contributed by atoms with Crippen LogP contribution in [-0.4, -0.2) is 16.8 Å². The molecule has 3 nitrogen and oxygen atoms in total. The molecule has 0 spiro atoms. The molecule has 15 heavy (non-hydrogen) atoms. The molecule has 0 heterocycles. The summed E-state index contributed by atoms with van der Waals surface area (Å²) >= 11 is 14.9. The summed E-state index contributed by atoms with van der Waals surface area (Å²) in [6.07, 6.45) is 0.156. The lowest BCUT2D eigenvalue weighted by Gasteiger charge is -1.94. The average Bonchev–Trinajstić information content (AvgIpc) is 2.13. The molecule has 0 bridgehead atoms. The largest absolute Gasteiger partial charge is 0.481 e. The molecule has 0 aromatic heterocycles. The summed E-state index contributed by atoms with van der Waals surface area (Å²) < 4.78 is 0. The van der Waals surface area contributed by atoms with Gasteiger partial charge in [0, 0.05) is 10.8 Å². The van der Waals surface area contributed by atoms with Crippen LogP contribution in [0.2, 0.25) is 10.0 Å². The number of carboxylic acid groups (broad SMARTS) is 1. The Balaban J connectivity index is 0.000000288. The van der Waals surface area contributed by atoms with Gasteiger partial charge in [0.15, 0.2) is 0 Å². The molecule has 84 valence electrons. The number of benzene rings is 1. The number of carboxylic acids is 1. The monoisotopic (exact) mass is 267 g/mol. The molecule has 0 amide bonds. The first kappa shape index (κ1) is 14.4. The van der Waals surface area contributed by atoms with Gasteiger partial charge in [0.25, 0.3) is 0 Å². The van der Waals surface area contributed by atoms with Gasteiger partial charge in [0.2, 0.25) is 0 Å². The van der Waals surface area contributed by atoms with Crippen LogP contribution < -0.4 is 5.73 Å². The molecule has 6 heteroatoms. The van der Waals surface area contributed by atoms with Crippen LogP contribution >= 0.6 is 35.8 Å². The summed E-state index contributed by atoms with van der Waals surface area (Å²) in [7, 11) is 0. The van der Waals surface area contributed by atoms with Crippen molar-refractivity contribution in [1.29, 1.82) is 0 Å². The summed E-state index contributed by atoms with van der Waals surface area (Å²) in [5, 5.41) is 8.97. The molecule has 0 aliphatic heterocycles. The van der Waals surface area contributed by atoms with Crippen molar-refractivity contribution in [3.05, 3.63) is 28.2 Å². The van der Waals surface area contributed by atoms with Gasteiger partial charge >= 0.3 is 5.97 Å². The molecular weight excluding hydrogens is 257 g/mol. The number of aliphatic carboxylic acids is 1. The third-order valence-corrected chi connectivity index (χ3v) is 2.07. The summed E-state index contributed by atoms with van der Waals surface area (Å²) in [5.74, 6) is -0.361. The Morgan fingerprint density at radius 1 is 1.47 bits per heavy atom. The van der Waals surface area contributed by atoms with Gasteiger partial charge < -0.3 is 10.8 Å². The van der Waals surface area contributed by atoms with Crippen molar-refractivity contribution in [3.63, 3.8) is 0 Å². The number of nitrogen functional groups attached to an aromatic ring is 1. The van der Waals surface area contributed by atoms with Crippen molar-refractivity contribution in [2.75, 3.05) is 11.5 Å². The minimum absolute atomic E-state index is 0.156. The number of carbonyl (C=O) groups is 1. The zero-order valence-electron chi connectivity index (χ0n) is 7.78. The normalized spacial score (nSPS) is 9.00. The standard InChI is InChI=1S/C6H5Cl2N.C3H6O2S/c7-4-1-2-6(9)5(8)3-4;4-3(5)1-2-6/h1-3H,9H2;6H,1-2H2,(H,4,5). The van der Waals surface area contributed by atoms with Gasteiger partial charge in [-0.2, -0.15) is 12.6 Å². The molecule has 0 saturated carbocycles. The maximum absolute atomic E-state index is 9.55. The first-order valence-electron chi connectivity index (χ1n) is 4.00. The van der Waals surface area contributed by atoms with Crippen LogP contribution in [0, 0.1) is 0 Å². The molecule has 1 aromatic carbocycles. The van der Waals surface area contributed by atoms with Crippen molar-refractivity contribution < 1.29 is 9.90 Å². The minimum atomic E-state index is -0.787. The Hall–Kier alpha value is -0.580. The van der Waals surface area contributed by atoms with E-state index in [1.165, 1.54) is 0 Å². The molecule has 0 atom stereocenters. The molecule has 3 N–H and O–H groups in total. The summed E-state index contributed by atoms with van der Waals surface area (Å²) in [6, 6.07) is 4.98.